The number of rotatable bonds is 3. The predicted molar refractivity (Wildman–Crippen MR) is 91.4 cm³/mol. The number of carbonyl (C=O) groups excluding carboxylic acids is 1. The number of halogens is 1. The van der Waals surface area contributed by atoms with Gasteiger partial charge < -0.3 is 15.0 Å². The van der Waals surface area contributed by atoms with Gasteiger partial charge >= 0.3 is 0 Å². The van der Waals surface area contributed by atoms with Crippen LogP contribution >= 0.6 is 11.6 Å². The molecule has 0 aliphatic carbocycles. The van der Waals surface area contributed by atoms with E-state index in [0.717, 1.165) is 33.5 Å². The van der Waals surface area contributed by atoms with Crippen LogP contribution in [0.3, 0.4) is 0 Å². The van der Waals surface area contributed by atoms with Crippen LogP contribution in [0.1, 0.15) is 17.0 Å². The summed E-state index contributed by atoms with van der Waals surface area (Å²) in [5.41, 5.74) is 3.94. The van der Waals surface area contributed by atoms with Crippen LogP contribution in [0.15, 0.2) is 42.6 Å². The van der Waals surface area contributed by atoms with Gasteiger partial charge in [-0.15, -0.1) is 0 Å². The largest absolute Gasteiger partial charge is 0.497 e. The molecule has 0 saturated heterocycles. The Morgan fingerprint density at radius 3 is 2.91 bits per heavy atom. The zero-order valence-corrected chi connectivity index (χ0v) is 13.3. The molecule has 5 heteroatoms. The van der Waals surface area contributed by atoms with Gasteiger partial charge in [-0.25, -0.2) is 0 Å². The van der Waals surface area contributed by atoms with Crippen molar-refractivity contribution in [3.63, 3.8) is 0 Å². The van der Waals surface area contributed by atoms with Crippen LogP contribution in [0.5, 0.6) is 5.75 Å². The molecule has 1 aliphatic rings. The molecule has 2 N–H and O–H groups in total. The average molecular weight is 327 g/mol. The molecule has 23 heavy (non-hydrogen) atoms. The molecule has 0 spiro atoms. The Labute approximate surface area is 138 Å². The Hall–Kier alpha value is -2.46. The van der Waals surface area contributed by atoms with Crippen LogP contribution < -0.4 is 10.1 Å². The van der Waals surface area contributed by atoms with Crippen molar-refractivity contribution in [1.82, 2.24) is 4.98 Å². The lowest BCUT2D eigenvalue weighted by Crippen LogP contribution is -2.14. The third-order valence-electron chi connectivity index (χ3n) is 4.36. The first-order valence-electron chi connectivity index (χ1n) is 7.40. The number of nitrogens with one attached hydrogen (secondary N) is 2. The van der Waals surface area contributed by atoms with Gasteiger partial charge in [0, 0.05) is 27.8 Å². The van der Waals surface area contributed by atoms with Crippen LogP contribution in [0.25, 0.3) is 10.9 Å². The summed E-state index contributed by atoms with van der Waals surface area (Å²) in [6.45, 7) is 0. The number of H-pyrrole nitrogens is 1. The standard InChI is InChI=1S/C18H15ClN2O2/c1-23-12-3-5-16-14(8-12)10(9-20-16)6-15-13-4-2-11(19)7-17(13)21-18(15)22/h2-5,7-9,15,20H,6H2,1H3,(H,21,22)/t15-/m0/s1. The zero-order valence-electron chi connectivity index (χ0n) is 12.5. The van der Waals surface area contributed by atoms with Crippen molar-refractivity contribution < 1.29 is 9.53 Å². The molecule has 0 fully saturated rings. The fourth-order valence-electron chi connectivity index (χ4n) is 3.18. The summed E-state index contributed by atoms with van der Waals surface area (Å²) in [5.74, 6) is 0.619. The van der Waals surface area contributed by atoms with Crippen molar-refractivity contribution in [2.24, 2.45) is 0 Å². The summed E-state index contributed by atoms with van der Waals surface area (Å²) >= 11 is 6.00. The van der Waals surface area contributed by atoms with Gasteiger partial charge in [-0.3, -0.25) is 4.79 Å². The number of aromatic nitrogens is 1. The minimum absolute atomic E-state index is 0.0134. The second-order valence-corrected chi connectivity index (χ2v) is 6.14. The fraction of sp³-hybridized carbons (Fsp3) is 0.167. The first kappa shape index (κ1) is 14.2. The minimum atomic E-state index is -0.201. The van der Waals surface area contributed by atoms with E-state index >= 15 is 0 Å². The first-order valence-corrected chi connectivity index (χ1v) is 7.78. The highest BCUT2D eigenvalue weighted by molar-refractivity contribution is 6.31. The highest BCUT2D eigenvalue weighted by Crippen LogP contribution is 2.37. The predicted octanol–water partition coefficient (Wildman–Crippen LogP) is 4.11. The Kier molecular flexibility index (Phi) is 3.27. The normalized spacial score (nSPS) is 16.4. The molecule has 0 bridgehead atoms. The SMILES string of the molecule is COc1ccc2[nH]cc(C[C@@H]3C(=O)Nc4cc(Cl)ccc43)c2c1. The highest BCUT2D eigenvalue weighted by atomic mass is 35.5. The van der Waals surface area contributed by atoms with Crippen molar-refractivity contribution >= 4 is 34.1 Å². The first-order chi connectivity index (χ1) is 11.2. The van der Waals surface area contributed by atoms with Gasteiger partial charge in [0.1, 0.15) is 5.75 Å². The number of amides is 1. The molecule has 0 saturated carbocycles. The summed E-state index contributed by atoms with van der Waals surface area (Å²) < 4.78 is 5.30. The van der Waals surface area contributed by atoms with Crippen molar-refractivity contribution in [3.05, 3.63) is 58.7 Å². The maximum Gasteiger partial charge on any atom is 0.232 e. The van der Waals surface area contributed by atoms with Crippen molar-refractivity contribution in [2.75, 3.05) is 12.4 Å². The summed E-state index contributed by atoms with van der Waals surface area (Å²) in [4.78, 5) is 15.6. The van der Waals surface area contributed by atoms with E-state index in [4.69, 9.17) is 16.3 Å². The van der Waals surface area contributed by atoms with E-state index in [1.54, 1.807) is 13.2 Å². The van der Waals surface area contributed by atoms with Crippen LogP contribution in [0.2, 0.25) is 5.02 Å². The number of ether oxygens (including phenoxy) is 1. The Morgan fingerprint density at radius 1 is 1.22 bits per heavy atom. The van der Waals surface area contributed by atoms with Gasteiger partial charge in [0.15, 0.2) is 0 Å². The van der Waals surface area contributed by atoms with Gasteiger partial charge in [-0.1, -0.05) is 17.7 Å². The topological polar surface area (TPSA) is 54.1 Å². The van der Waals surface area contributed by atoms with Crippen molar-refractivity contribution in [1.29, 1.82) is 0 Å². The molecule has 116 valence electrons. The maximum atomic E-state index is 12.3. The quantitative estimate of drug-likeness (QED) is 0.761. The molecular weight excluding hydrogens is 312 g/mol. The van der Waals surface area contributed by atoms with Gasteiger partial charge in [-0.2, -0.15) is 0 Å². The monoisotopic (exact) mass is 326 g/mol. The molecule has 4 rings (SSSR count). The van der Waals surface area contributed by atoms with E-state index < -0.39 is 0 Å². The summed E-state index contributed by atoms with van der Waals surface area (Å²) in [6, 6.07) is 11.5. The molecule has 0 unspecified atom stereocenters. The lowest BCUT2D eigenvalue weighted by Gasteiger charge is -2.08. The lowest BCUT2D eigenvalue weighted by molar-refractivity contribution is -0.117. The number of benzene rings is 2. The Balaban J connectivity index is 1.73. The molecule has 0 radical (unpaired) electrons. The van der Waals surface area contributed by atoms with E-state index in [9.17, 15) is 4.79 Å². The summed E-state index contributed by atoms with van der Waals surface area (Å²) in [6.07, 6.45) is 2.60. The number of anilines is 1. The molecule has 1 atom stereocenters. The van der Waals surface area contributed by atoms with E-state index in [2.05, 4.69) is 10.3 Å². The molecule has 2 aromatic carbocycles. The Bertz CT molecular complexity index is 917. The molecule has 1 amide bonds. The van der Waals surface area contributed by atoms with Gasteiger partial charge in [0.2, 0.25) is 5.91 Å². The van der Waals surface area contributed by atoms with E-state index in [0.29, 0.717) is 11.4 Å². The smallest absolute Gasteiger partial charge is 0.232 e. The number of aromatic amines is 1. The second-order valence-electron chi connectivity index (χ2n) is 5.70. The minimum Gasteiger partial charge on any atom is -0.497 e. The van der Waals surface area contributed by atoms with E-state index in [-0.39, 0.29) is 11.8 Å². The molecule has 3 aromatic rings. The van der Waals surface area contributed by atoms with Crippen LogP contribution in [0.4, 0.5) is 5.69 Å². The number of fused-ring (bicyclic) bond motifs is 2. The Morgan fingerprint density at radius 2 is 2.09 bits per heavy atom. The summed E-state index contributed by atoms with van der Waals surface area (Å²) in [7, 11) is 1.65. The molecule has 1 aromatic heterocycles. The van der Waals surface area contributed by atoms with Gasteiger partial charge in [-0.05, 0) is 47.9 Å². The highest BCUT2D eigenvalue weighted by Gasteiger charge is 2.31. The van der Waals surface area contributed by atoms with Crippen molar-refractivity contribution in [3.8, 4) is 5.75 Å². The van der Waals surface area contributed by atoms with Gasteiger partial charge in [0.25, 0.3) is 0 Å². The molecular formula is C18H15ClN2O2. The average Bonchev–Trinajstić information content (AvgIpc) is 3.08. The fourth-order valence-corrected chi connectivity index (χ4v) is 3.35. The maximum absolute atomic E-state index is 12.3. The number of hydrogen-bond acceptors (Lipinski definition) is 2. The summed E-state index contributed by atoms with van der Waals surface area (Å²) in [5, 5.41) is 4.62. The molecule has 4 nitrogen and oxygen atoms in total. The number of hydrogen-bond donors (Lipinski definition) is 2. The van der Waals surface area contributed by atoms with Gasteiger partial charge in [0.05, 0.1) is 13.0 Å². The van der Waals surface area contributed by atoms with Crippen LogP contribution in [0, 0.1) is 0 Å². The van der Waals surface area contributed by atoms with E-state index in [1.807, 2.05) is 36.5 Å². The third kappa shape index (κ3) is 2.35. The van der Waals surface area contributed by atoms with E-state index in [1.165, 1.54) is 0 Å². The number of carbonyl (C=O) groups is 1. The third-order valence-corrected chi connectivity index (χ3v) is 4.60. The lowest BCUT2D eigenvalue weighted by atomic mass is 9.93. The molecule has 1 aliphatic heterocycles. The number of methoxy groups -OCH3 is 1. The molecule has 2 heterocycles. The van der Waals surface area contributed by atoms with Crippen LogP contribution in [-0.4, -0.2) is 18.0 Å². The second kappa shape index (κ2) is 5.32. The van der Waals surface area contributed by atoms with Crippen molar-refractivity contribution in [2.45, 2.75) is 12.3 Å². The van der Waals surface area contributed by atoms with Crippen LogP contribution in [-0.2, 0) is 11.2 Å². The zero-order chi connectivity index (χ0) is 16.0.